The van der Waals surface area contributed by atoms with Crippen LogP contribution in [0.25, 0.3) is 0 Å². The van der Waals surface area contributed by atoms with Gasteiger partial charge in [-0.1, -0.05) is 0 Å². The molecule has 0 aromatic heterocycles. The third-order valence-electron chi connectivity index (χ3n) is 3.58. The Labute approximate surface area is 101 Å². The predicted octanol–water partition coefficient (Wildman–Crippen LogP) is 1.18. The molecule has 2 rings (SSSR count). The Bertz CT molecular complexity index is 374. The third kappa shape index (κ3) is 2.33. The molecular weight excluding hydrogens is 220 g/mol. The van der Waals surface area contributed by atoms with Crippen LogP contribution in [0.1, 0.15) is 33.1 Å². The smallest absolute Gasteiger partial charge is 0.306 e. The molecule has 0 aromatic rings. The second kappa shape index (κ2) is 4.47. The van der Waals surface area contributed by atoms with E-state index in [-0.39, 0.29) is 24.3 Å². The van der Waals surface area contributed by atoms with Crippen LogP contribution in [0.2, 0.25) is 0 Å². The van der Waals surface area contributed by atoms with E-state index in [2.05, 4.69) is 9.84 Å². The summed E-state index contributed by atoms with van der Waals surface area (Å²) < 4.78 is 4.60. The second-order valence-corrected chi connectivity index (χ2v) is 4.84. The fraction of sp³-hybridized carbons (Fsp3) is 0.750. The van der Waals surface area contributed by atoms with Crippen molar-refractivity contribution >= 4 is 17.6 Å². The monoisotopic (exact) mass is 238 g/mol. The van der Waals surface area contributed by atoms with Crippen LogP contribution >= 0.6 is 0 Å². The molecule has 0 saturated heterocycles. The maximum atomic E-state index is 12.1. The first kappa shape index (κ1) is 12.1. The number of methoxy groups -OCH3 is 1. The molecule has 0 bridgehead atoms. The summed E-state index contributed by atoms with van der Waals surface area (Å²) in [7, 11) is 1.33. The highest BCUT2D eigenvalue weighted by Gasteiger charge is 2.42. The molecule has 5 nitrogen and oxygen atoms in total. The first-order chi connectivity index (χ1) is 8.04. The van der Waals surface area contributed by atoms with Gasteiger partial charge in [-0.3, -0.25) is 9.59 Å². The number of nitrogens with zero attached hydrogens (tertiary/aromatic N) is 2. The highest BCUT2D eigenvalue weighted by molar-refractivity contribution is 6.08. The molecular formula is C12H18N2O3. The van der Waals surface area contributed by atoms with Gasteiger partial charge in [-0.2, -0.15) is 5.10 Å². The van der Waals surface area contributed by atoms with Crippen molar-refractivity contribution in [1.82, 2.24) is 5.01 Å². The van der Waals surface area contributed by atoms with Crippen molar-refractivity contribution in [1.29, 1.82) is 0 Å². The van der Waals surface area contributed by atoms with Crippen LogP contribution in [0.3, 0.4) is 0 Å². The van der Waals surface area contributed by atoms with Gasteiger partial charge in [-0.15, -0.1) is 0 Å². The Balaban J connectivity index is 2.04. The molecule has 1 saturated carbocycles. The van der Waals surface area contributed by atoms with Gasteiger partial charge in [-0.05, 0) is 32.6 Å². The zero-order valence-electron chi connectivity index (χ0n) is 10.5. The summed E-state index contributed by atoms with van der Waals surface area (Å²) in [6.07, 6.45) is 2.43. The first-order valence-corrected chi connectivity index (χ1v) is 5.99. The van der Waals surface area contributed by atoms with Crippen LogP contribution in [-0.2, 0) is 14.3 Å². The van der Waals surface area contributed by atoms with Gasteiger partial charge in [0.25, 0.3) is 5.91 Å². The SMILES string of the molecule is COC(=O)CC1C(=O)N(C(C)C2CC2)N=C1C. The normalized spacial score (nSPS) is 25.8. The minimum Gasteiger partial charge on any atom is -0.469 e. The lowest BCUT2D eigenvalue weighted by Gasteiger charge is -2.21. The minimum atomic E-state index is -0.427. The molecule has 2 aliphatic rings. The van der Waals surface area contributed by atoms with Crippen molar-refractivity contribution in [2.24, 2.45) is 16.9 Å². The first-order valence-electron chi connectivity index (χ1n) is 5.99. The van der Waals surface area contributed by atoms with E-state index in [0.29, 0.717) is 11.6 Å². The average molecular weight is 238 g/mol. The summed E-state index contributed by atoms with van der Waals surface area (Å²) in [6.45, 7) is 3.82. The average Bonchev–Trinajstić information content (AvgIpc) is 3.11. The van der Waals surface area contributed by atoms with Gasteiger partial charge in [0.2, 0.25) is 0 Å². The predicted molar refractivity (Wildman–Crippen MR) is 62.3 cm³/mol. The number of hydrogen-bond acceptors (Lipinski definition) is 4. The van der Waals surface area contributed by atoms with E-state index in [0.717, 1.165) is 0 Å². The number of hydrogen-bond donors (Lipinski definition) is 0. The largest absolute Gasteiger partial charge is 0.469 e. The Hall–Kier alpha value is -1.39. The highest BCUT2D eigenvalue weighted by Crippen LogP contribution is 2.37. The van der Waals surface area contributed by atoms with Gasteiger partial charge in [0, 0.05) is 5.71 Å². The van der Waals surface area contributed by atoms with Gasteiger partial charge in [0.1, 0.15) is 0 Å². The lowest BCUT2D eigenvalue weighted by molar-refractivity contribution is -0.145. The maximum Gasteiger partial charge on any atom is 0.306 e. The number of hydrazone groups is 1. The van der Waals surface area contributed by atoms with Crippen LogP contribution in [-0.4, -0.2) is 35.7 Å². The molecule has 0 aromatic carbocycles. The van der Waals surface area contributed by atoms with Gasteiger partial charge >= 0.3 is 5.97 Å². The zero-order chi connectivity index (χ0) is 12.6. The molecule has 5 heteroatoms. The Morgan fingerprint density at radius 2 is 2.24 bits per heavy atom. The number of esters is 1. The van der Waals surface area contributed by atoms with Gasteiger partial charge < -0.3 is 4.74 Å². The van der Waals surface area contributed by atoms with E-state index in [4.69, 9.17) is 0 Å². The second-order valence-electron chi connectivity index (χ2n) is 4.84. The van der Waals surface area contributed by atoms with E-state index in [1.54, 1.807) is 11.9 Å². The highest BCUT2D eigenvalue weighted by atomic mass is 16.5. The van der Waals surface area contributed by atoms with Crippen LogP contribution in [0, 0.1) is 11.8 Å². The zero-order valence-corrected chi connectivity index (χ0v) is 10.5. The van der Waals surface area contributed by atoms with Gasteiger partial charge in [-0.25, -0.2) is 5.01 Å². The molecule has 1 fully saturated rings. The third-order valence-corrected chi connectivity index (χ3v) is 3.58. The summed E-state index contributed by atoms with van der Waals surface area (Å²) in [5.74, 6) is -0.276. The topological polar surface area (TPSA) is 59.0 Å². The standard InChI is InChI=1S/C12H18N2O3/c1-7-10(6-11(15)17-3)12(16)14(13-7)8(2)9-4-5-9/h8-10H,4-6H2,1-3H3. The molecule has 1 aliphatic heterocycles. The summed E-state index contributed by atoms with van der Waals surface area (Å²) in [4.78, 5) is 23.4. The molecule has 1 aliphatic carbocycles. The Morgan fingerprint density at radius 3 is 2.76 bits per heavy atom. The lowest BCUT2D eigenvalue weighted by atomic mass is 10.0. The van der Waals surface area contributed by atoms with Crippen molar-refractivity contribution in [3.8, 4) is 0 Å². The van der Waals surface area contributed by atoms with E-state index < -0.39 is 5.92 Å². The molecule has 2 atom stereocenters. The number of ether oxygens (including phenoxy) is 1. The summed E-state index contributed by atoms with van der Waals surface area (Å²) in [5.41, 5.74) is 0.716. The molecule has 1 heterocycles. The number of amides is 1. The van der Waals surface area contributed by atoms with E-state index >= 15 is 0 Å². The van der Waals surface area contributed by atoms with E-state index in [1.807, 2.05) is 6.92 Å². The van der Waals surface area contributed by atoms with E-state index in [9.17, 15) is 9.59 Å². The molecule has 0 radical (unpaired) electrons. The van der Waals surface area contributed by atoms with Crippen molar-refractivity contribution in [2.45, 2.75) is 39.2 Å². The van der Waals surface area contributed by atoms with Crippen LogP contribution in [0.4, 0.5) is 0 Å². The summed E-state index contributed by atoms with van der Waals surface area (Å²) in [6, 6.07) is 0.153. The molecule has 2 unspecified atom stereocenters. The van der Waals surface area contributed by atoms with E-state index in [1.165, 1.54) is 20.0 Å². The molecule has 0 N–H and O–H groups in total. The van der Waals surface area contributed by atoms with Crippen molar-refractivity contribution in [3.05, 3.63) is 0 Å². The maximum absolute atomic E-state index is 12.1. The van der Waals surface area contributed by atoms with Crippen molar-refractivity contribution < 1.29 is 14.3 Å². The van der Waals surface area contributed by atoms with Crippen LogP contribution in [0.15, 0.2) is 5.10 Å². The number of carbonyl (C=O) groups is 2. The minimum absolute atomic E-state index is 0.0627. The van der Waals surface area contributed by atoms with Crippen LogP contribution in [0.5, 0.6) is 0 Å². The Kier molecular flexibility index (Phi) is 3.17. The van der Waals surface area contributed by atoms with Crippen LogP contribution < -0.4 is 0 Å². The molecule has 17 heavy (non-hydrogen) atoms. The van der Waals surface area contributed by atoms with Crippen molar-refractivity contribution in [2.75, 3.05) is 7.11 Å². The van der Waals surface area contributed by atoms with Gasteiger partial charge in [0.15, 0.2) is 0 Å². The fourth-order valence-corrected chi connectivity index (χ4v) is 2.18. The lowest BCUT2D eigenvalue weighted by Crippen LogP contribution is -2.36. The van der Waals surface area contributed by atoms with Crippen molar-refractivity contribution in [3.63, 3.8) is 0 Å². The molecule has 94 valence electrons. The Morgan fingerprint density at radius 1 is 1.59 bits per heavy atom. The summed E-state index contributed by atoms with van der Waals surface area (Å²) >= 11 is 0. The van der Waals surface area contributed by atoms with Gasteiger partial charge in [0.05, 0.1) is 25.5 Å². The summed E-state index contributed by atoms with van der Waals surface area (Å²) in [5, 5.41) is 5.85. The fourth-order valence-electron chi connectivity index (χ4n) is 2.18. The molecule has 1 amide bonds. The number of carbonyl (C=O) groups excluding carboxylic acids is 2. The molecule has 0 spiro atoms. The quantitative estimate of drug-likeness (QED) is 0.691. The number of rotatable bonds is 4.